The van der Waals surface area contributed by atoms with Crippen molar-refractivity contribution in [2.45, 2.75) is 39.2 Å². The molecular weight excluding hydrogens is 370 g/mol. The summed E-state index contributed by atoms with van der Waals surface area (Å²) in [5.74, 6) is 0.868. The second kappa shape index (κ2) is 10.5. The van der Waals surface area contributed by atoms with Crippen LogP contribution in [0.15, 0.2) is 60.9 Å². The summed E-state index contributed by atoms with van der Waals surface area (Å²) in [6, 6.07) is 14.5. The average Bonchev–Trinajstić information content (AvgIpc) is 2.74. The lowest BCUT2D eigenvalue weighted by molar-refractivity contribution is -0.0498. The molecule has 0 bridgehead atoms. The van der Waals surface area contributed by atoms with E-state index in [9.17, 15) is 8.78 Å². The maximum absolute atomic E-state index is 12.2. The van der Waals surface area contributed by atoms with Gasteiger partial charge in [-0.3, -0.25) is 0 Å². The number of hydrogen-bond donors (Lipinski definition) is 0. The van der Waals surface area contributed by atoms with Gasteiger partial charge in [0, 0.05) is 18.0 Å². The van der Waals surface area contributed by atoms with E-state index >= 15 is 0 Å². The lowest BCUT2D eigenvalue weighted by atomic mass is 10.1. The zero-order valence-corrected chi connectivity index (χ0v) is 16.4. The van der Waals surface area contributed by atoms with E-state index in [-0.39, 0.29) is 5.75 Å². The van der Waals surface area contributed by atoms with Crippen LogP contribution in [0.1, 0.15) is 42.9 Å². The van der Waals surface area contributed by atoms with E-state index < -0.39 is 6.61 Å². The van der Waals surface area contributed by atoms with Crippen molar-refractivity contribution in [3.63, 3.8) is 0 Å². The number of alkyl halides is 2. The molecule has 29 heavy (non-hydrogen) atoms. The zero-order valence-electron chi connectivity index (χ0n) is 16.4. The van der Waals surface area contributed by atoms with Crippen LogP contribution in [0.3, 0.4) is 0 Å². The lowest BCUT2D eigenvalue weighted by Crippen LogP contribution is -2.01. The monoisotopic (exact) mass is 394 g/mol. The summed E-state index contributed by atoms with van der Waals surface area (Å²) in [6.07, 6.45) is 12.3. The van der Waals surface area contributed by atoms with Crippen molar-refractivity contribution in [3.05, 3.63) is 77.6 Å². The van der Waals surface area contributed by atoms with Crippen LogP contribution in [-0.2, 0) is 6.42 Å². The smallest absolute Gasteiger partial charge is 0.387 e. The first-order valence-electron chi connectivity index (χ1n) is 9.78. The Hall–Kier alpha value is -3.08. The van der Waals surface area contributed by atoms with Crippen molar-refractivity contribution >= 4 is 12.2 Å². The molecule has 150 valence electrons. The molecule has 0 radical (unpaired) electrons. The highest BCUT2D eigenvalue weighted by molar-refractivity contribution is 5.71. The van der Waals surface area contributed by atoms with Gasteiger partial charge in [-0.05, 0) is 41.7 Å². The molecule has 0 aliphatic carbocycles. The van der Waals surface area contributed by atoms with E-state index in [0.29, 0.717) is 0 Å². The molecular formula is C24H24F2N2O. The molecule has 3 rings (SSSR count). The molecule has 0 N–H and O–H groups in total. The number of rotatable bonds is 9. The van der Waals surface area contributed by atoms with Crippen LogP contribution in [-0.4, -0.2) is 16.6 Å². The standard InChI is InChI=1S/C24H24F2N2O/c1-2-3-4-5-20-16-27-23(28-17-20)21-12-8-18(9-13-21)6-7-19-10-14-22(15-11-19)29-24(25)26/h6-17,24H,2-5H2,1H3/b7-6+. The Bertz CT molecular complexity index is 905. The fourth-order valence-electron chi connectivity index (χ4n) is 2.91. The molecule has 0 unspecified atom stereocenters. The van der Waals surface area contributed by atoms with E-state index in [1.165, 1.54) is 37.0 Å². The average molecular weight is 394 g/mol. The molecule has 0 aliphatic rings. The fourth-order valence-corrected chi connectivity index (χ4v) is 2.91. The molecule has 0 spiro atoms. The molecule has 0 atom stereocenters. The van der Waals surface area contributed by atoms with Crippen molar-refractivity contribution in [2.75, 3.05) is 0 Å². The maximum Gasteiger partial charge on any atom is 0.387 e. The normalized spacial score (nSPS) is 11.3. The molecule has 3 nitrogen and oxygen atoms in total. The van der Waals surface area contributed by atoms with Crippen LogP contribution < -0.4 is 4.74 Å². The Kier molecular flexibility index (Phi) is 7.45. The highest BCUT2D eigenvalue weighted by atomic mass is 19.3. The number of aromatic nitrogens is 2. The van der Waals surface area contributed by atoms with Gasteiger partial charge >= 0.3 is 6.61 Å². The van der Waals surface area contributed by atoms with Gasteiger partial charge in [0.05, 0.1) is 0 Å². The van der Waals surface area contributed by atoms with Crippen molar-refractivity contribution in [2.24, 2.45) is 0 Å². The number of ether oxygens (including phenoxy) is 1. The summed E-state index contributed by atoms with van der Waals surface area (Å²) in [5.41, 5.74) is 4.07. The first-order chi connectivity index (χ1) is 14.1. The molecule has 0 saturated heterocycles. The van der Waals surface area contributed by atoms with Crippen LogP contribution in [0.2, 0.25) is 0 Å². The number of benzene rings is 2. The minimum Gasteiger partial charge on any atom is -0.435 e. The van der Waals surface area contributed by atoms with E-state index in [1.807, 2.05) is 48.8 Å². The van der Waals surface area contributed by atoms with Gasteiger partial charge < -0.3 is 4.74 Å². The third-order valence-corrected chi connectivity index (χ3v) is 4.52. The highest BCUT2D eigenvalue weighted by Crippen LogP contribution is 2.19. The summed E-state index contributed by atoms with van der Waals surface area (Å²) >= 11 is 0. The van der Waals surface area contributed by atoms with E-state index in [1.54, 1.807) is 12.1 Å². The number of halogens is 2. The predicted octanol–water partition coefficient (Wildman–Crippen LogP) is 6.65. The number of unbranched alkanes of at least 4 members (excludes halogenated alkanes) is 2. The van der Waals surface area contributed by atoms with Gasteiger partial charge in [0.15, 0.2) is 5.82 Å². The van der Waals surface area contributed by atoms with Gasteiger partial charge in [0.2, 0.25) is 0 Å². The van der Waals surface area contributed by atoms with Crippen molar-refractivity contribution < 1.29 is 13.5 Å². The molecule has 0 fully saturated rings. The van der Waals surface area contributed by atoms with E-state index in [0.717, 1.165) is 28.9 Å². The SMILES string of the molecule is CCCCCc1cnc(-c2ccc(/C=C/c3ccc(OC(F)F)cc3)cc2)nc1. The summed E-state index contributed by atoms with van der Waals surface area (Å²) in [6.45, 7) is -0.615. The second-order valence-corrected chi connectivity index (χ2v) is 6.77. The van der Waals surface area contributed by atoms with Gasteiger partial charge in [0.25, 0.3) is 0 Å². The fraction of sp³-hybridized carbons (Fsp3) is 0.250. The number of nitrogens with zero attached hydrogens (tertiary/aromatic N) is 2. The Morgan fingerprint density at radius 2 is 1.45 bits per heavy atom. The molecule has 0 amide bonds. The minimum absolute atomic E-state index is 0.151. The third kappa shape index (κ3) is 6.49. The number of aryl methyl sites for hydroxylation is 1. The number of hydrogen-bond acceptors (Lipinski definition) is 3. The van der Waals surface area contributed by atoms with Crippen LogP contribution in [0.5, 0.6) is 5.75 Å². The van der Waals surface area contributed by atoms with Crippen molar-refractivity contribution in [3.8, 4) is 17.1 Å². The highest BCUT2D eigenvalue weighted by Gasteiger charge is 2.03. The molecule has 1 aromatic heterocycles. The molecule has 5 heteroatoms. The Morgan fingerprint density at radius 1 is 0.862 bits per heavy atom. The van der Waals surface area contributed by atoms with Crippen LogP contribution in [0, 0.1) is 0 Å². The van der Waals surface area contributed by atoms with Gasteiger partial charge in [-0.25, -0.2) is 9.97 Å². The van der Waals surface area contributed by atoms with Gasteiger partial charge in [-0.15, -0.1) is 0 Å². The first-order valence-corrected chi connectivity index (χ1v) is 9.78. The lowest BCUT2D eigenvalue weighted by Gasteiger charge is -2.04. The van der Waals surface area contributed by atoms with Crippen LogP contribution in [0.4, 0.5) is 8.78 Å². The van der Waals surface area contributed by atoms with Crippen molar-refractivity contribution in [1.29, 1.82) is 0 Å². The summed E-state index contributed by atoms with van der Waals surface area (Å²) in [4.78, 5) is 8.97. The zero-order chi connectivity index (χ0) is 20.5. The topological polar surface area (TPSA) is 35.0 Å². The molecule has 0 saturated carbocycles. The van der Waals surface area contributed by atoms with Gasteiger partial charge in [-0.1, -0.05) is 68.3 Å². The van der Waals surface area contributed by atoms with Gasteiger partial charge in [0.1, 0.15) is 5.75 Å². The maximum atomic E-state index is 12.2. The summed E-state index contributed by atoms with van der Waals surface area (Å²) in [5, 5.41) is 0. The van der Waals surface area contributed by atoms with E-state index in [4.69, 9.17) is 0 Å². The Morgan fingerprint density at radius 3 is 2.00 bits per heavy atom. The minimum atomic E-state index is -2.81. The summed E-state index contributed by atoms with van der Waals surface area (Å²) in [7, 11) is 0. The van der Waals surface area contributed by atoms with Crippen LogP contribution >= 0.6 is 0 Å². The molecule has 3 aromatic rings. The predicted molar refractivity (Wildman–Crippen MR) is 113 cm³/mol. The van der Waals surface area contributed by atoms with Crippen molar-refractivity contribution in [1.82, 2.24) is 9.97 Å². The second-order valence-electron chi connectivity index (χ2n) is 6.77. The van der Waals surface area contributed by atoms with Gasteiger partial charge in [-0.2, -0.15) is 8.78 Å². The Labute approximate surface area is 170 Å². The molecule has 2 aromatic carbocycles. The molecule has 1 heterocycles. The van der Waals surface area contributed by atoms with E-state index in [2.05, 4.69) is 21.6 Å². The quantitative estimate of drug-likeness (QED) is 0.301. The first kappa shape index (κ1) is 20.6. The largest absolute Gasteiger partial charge is 0.435 e. The third-order valence-electron chi connectivity index (χ3n) is 4.52. The summed E-state index contributed by atoms with van der Waals surface area (Å²) < 4.78 is 28.7. The molecule has 0 aliphatic heterocycles. The van der Waals surface area contributed by atoms with Crippen LogP contribution in [0.25, 0.3) is 23.5 Å². The Balaban J connectivity index is 1.60.